The van der Waals surface area contributed by atoms with E-state index in [4.69, 9.17) is 22.1 Å². The molecule has 0 saturated heterocycles. The largest absolute Gasteiger partial charge is 0.489 e. The number of nitrogens with zero attached hydrogens (tertiary/aromatic N) is 4. The summed E-state index contributed by atoms with van der Waals surface area (Å²) < 4.78 is 8.54. The molecule has 9 heteroatoms. The molecule has 7 nitrogen and oxygen atoms in total. The van der Waals surface area contributed by atoms with Crippen LogP contribution in [-0.4, -0.2) is 24.9 Å². The van der Waals surface area contributed by atoms with E-state index in [1.54, 1.807) is 10.9 Å². The minimum Gasteiger partial charge on any atom is -0.489 e. The Bertz CT molecular complexity index is 1180. The summed E-state index contributed by atoms with van der Waals surface area (Å²) in [6.45, 7) is 0.857. The Morgan fingerprint density at radius 3 is 2.83 bits per heavy atom. The SMILES string of the molecule is Nc1nc(Cl)nc2c1cnn2Cc1cc(COc2cccc(CO)c2)ccc1Br. The van der Waals surface area contributed by atoms with Crippen molar-refractivity contribution >= 4 is 44.4 Å². The molecule has 0 saturated carbocycles. The smallest absolute Gasteiger partial charge is 0.226 e. The van der Waals surface area contributed by atoms with Crippen LogP contribution in [0.2, 0.25) is 5.28 Å². The molecule has 0 aliphatic heterocycles. The lowest BCUT2D eigenvalue weighted by Gasteiger charge is -2.11. The van der Waals surface area contributed by atoms with Crippen molar-refractivity contribution in [3.8, 4) is 5.75 Å². The lowest BCUT2D eigenvalue weighted by molar-refractivity contribution is 0.278. The molecular formula is C20H17BrClN5O2. The van der Waals surface area contributed by atoms with Crippen LogP contribution in [0.3, 0.4) is 0 Å². The van der Waals surface area contributed by atoms with Crippen molar-refractivity contribution in [3.63, 3.8) is 0 Å². The fraction of sp³-hybridized carbons (Fsp3) is 0.150. The molecule has 0 unspecified atom stereocenters. The molecule has 0 atom stereocenters. The average molecular weight is 475 g/mol. The fourth-order valence-corrected chi connectivity index (χ4v) is 3.51. The van der Waals surface area contributed by atoms with Gasteiger partial charge in [0.25, 0.3) is 0 Å². The Balaban J connectivity index is 1.56. The molecule has 0 aliphatic carbocycles. The third-order valence-corrected chi connectivity index (χ3v) is 5.36. The van der Waals surface area contributed by atoms with Gasteiger partial charge in [-0.1, -0.05) is 34.1 Å². The van der Waals surface area contributed by atoms with Crippen molar-refractivity contribution in [2.75, 3.05) is 5.73 Å². The standard InChI is InChI=1S/C20H17BrClN5O2/c21-17-5-4-13(11-29-15-3-1-2-12(7-15)10-28)6-14(17)9-27-19-16(8-24-27)18(23)25-20(22)26-19/h1-8,28H,9-11H2,(H2,23,25,26). The first kappa shape index (κ1) is 19.6. The van der Waals surface area contributed by atoms with Gasteiger partial charge < -0.3 is 15.6 Å². The van der Waals surface area contributed by atoms with E-state index in [1.807, 2.05) is 42.5 Å². The summed E-state index contributed by atoms with van der Waals surface area (Å²) in [5, 5.41) is 14.4. The predicted molar refractivity (Wildman–Crippen MR) is 115 cm³/mol. The van der Waals surface area contributed by atoms with Crippen LogP contribution in [0, 0.1) is 0 Å². The Kier molecular flexibility index (Phi) is 5.66. The van der Waals surface area contributed by atoms with Gasteiger partial charge in [0.15, 0.2) is 5.65 Å². The molecule has 2 aromatic heterocycles. The first-order chi connectivity index (χ1) is 14.0. The van der Waals surface area contributed by atoms with Gasteiger partial charge >= 0.3 is 0 Å². The minimum absolute atomic E-state index is 0.0183. The second-order valence-electron chi connectivity index (χ2n) is 6.44. The molecule has 0 amide bonds. The highest BCUT2D eigenvalue weighted by Gasteiger charge is 2.12. The summed E-state index contributed by atoms with van der Waals surface area (Å²) in [7, 11) is 0. The molecule has 4 aromatic rings. The number of nitrogen functional groups attached to an aromatic ring is 1. The first-order valence-corrected chi connectivity index (χ1v) is 9.95. The topological polar surface area (TPSA) is 99.1 Å². The van der Waals surface area contributed by atoms with Crippen molar-refractivity contribution in [1.82, 2.24) is 19.7 Å². The van der Waals surface area contributed by atoms with Gasteiger partial charge in [-0.15, -0.1) is 0 Å². The van der Waals surface area contributed by atoms with E-state index in [0.717, 1.165) is 21.2 Å². The Hall–Kier alpha value is -2.68. The van der Waals surface area contributed by atoms with E-state index in [1.165, 1.54) is 0 Å². The highest BCUT2D eigenvalue weighted by Crippen LogP contribution is 2.24. The number of fused-ring (bicyclic) bond motifs is 1. The highest BCUT2D eigenvalue weighted by molar-refractivity contribution is 9.10. The highest BCUT2D eigenvalue weighted by atomic mass is 79.9. The number of ether oxygens (including phenoxy) is 1. The van der Waals surface area contributed by atoms with Crippen molar-refractivity contribution in [1.29, 1.82) is 0 Å². The number of halogens is 2. The minimum atomic E-state index is -0.0183. The number of anilines is 1. The number of hydrogen-bond acceptors (Lipinski definition) is 6. The number of rotatable bonds is 6. The lowest BCUT2D eigenvalue weighted by atomic mass is 10.1. The molecule has 2 aromatic carbocycles. The second kappa shape index (κ2) is 8.36. The third-order valence-electron chi connectivity index (χ3n) is 4.42. The molecule has 4 rings (SSSR count). The first-order valence-electron chi connectivity index (χ1n) is 8.78. The van der Waals surface area contributed by atoms with Gasteiger partial charge in [-0.2, -0.15) is 10.1 Å². The van der Waals surface area contributed by atoms with E-state index in [-0.39, 0.29) is 11.9 Å². The van der Waals surface area contributed by atoms with Crippen LogP contribution >= 0.6 is 27.5 Å². The van der Waals surface area contributed by atoms with E-state index < -0.39 is 0 Å². The zero-order valence-electron chi connectivity index (χ0n) is 15.2. The predicted octanol–water partition coefficient (Wildman–Crippen LogP) is 3.94. The van der Waals surface area contributed by atoms with Gasteiger partial charge in [0.2, 0.25) is 5.28 Å². The quantitative estimate of drug-likeness (QED) is 0.411. The van der Waals surface area contributed by atoms with E-state index in [9.17, 15) is 5.11 Å². The van der Waals surface area contributed by atoms with Crippen LogP contribution in [-0.2, 0) is 19.8 Å². The molecule has 0 fully saturated rings. The second-order valence-corrected chi connectivity index (χ2v) is 7.63. The summed E-state index contributed by atoms with van der Waals surface area (Å²) >= 11 is 9.54. The number of hydrogen-bond donors (Lipinski definition) is 2. The number of aliphatic hydroxyl groups excluding tert-OH is 1. The van der Waals surface area contributed by atoms with Crippen molar-refractivity contribution in [3.05, 3.63) is 75.1 Å². The van der Waals surface area contributed by atoms with Crippen LogP contribution in [0.4, 0.5) is 5.82 Å². The monoisotopic (exact) mass is 473 g/mol. The summed E-state index contributed by atoms with van der Waals surface area (Å²) in [6, 6.07) is 13.4. The normalized spacial score (nSPS) is 11.1. The third kappa shape index (κ3) is 4.34. The van der Waals surface area contributed by atoms with Gasteiger partial charge in [0.1, 0.15) is 18.2 Å². The number of benzene rings is 2. The van der Waals surface area contributed by atoms with E-state index in [0.29, 0.717) is 35.8 Å². The van der Waals surface area contributed by atoms with Gasteiger partial charge in [-0.25, -0.2) is 9.67 Å². The molecular weight excluding hydrogens is 458 g/mol. The molecule has 29 heavy (non-hydrogen) atoms. The van der Waals surface area contributed by atoms with Gasteiger partial charge in [-0.3, -0.25) is 0 Å². The van der Waals surface area contributed by atoms with Crippen LogP contribution < -0.4 is 10.5 Å². The molecule has 3 N–H and O–H groups in total. The van der Waals surface area contributed by atoms with Gasteiger partial charge in [0, 0.05) is 4.47 Å². The van der Waals surface area contributed by atoms with E-state index >= 15 is 0 Å². The Labute approximate surface area is 180 Å². The summed E-state index contributed by atoms with van der Waals surface area (Å²) in [5.41, 5.74) is 9.30. The zero-order valence-corrected chi connectivity index (χ0v) is 17.6. The van der Waals surface area contributed by atoms with Crippen LogP contribution in [0.1, 0.15) is 16.7 Å². The molecule has 0 radical (unpaired) electrons. The van der Waals surface area contributed by atoms with Crippen LogP contribution in [0.5, 0.6) is 5.75 Å². The molecule has 2 heterocycles. The summed E-state index contributed by atoms with van der Waals surface area (Å²) in [6.07, 6.45) is 1.63. The maximum absolute atomic E-state index is 9.25. The Morgan fingerprint density at radius 2 is 2.00 bits per heavy atom. The van der Waals surface area contributed by atoms with Crippen molar-refractivity contribution in [2.45, 2.75) is 19.8 Å². The summed E-state index contributed by atoms with van der Waals surface area (Å²) in [5.74, 6) is 1.01. The zero-order chi connectivity index (χ0) is 20.4. The van der Waals surface area contributed by atoms with Crippen LogP contribution in [0.25, 0.3) is 11.0 Å². The maximum Gasteiger partial charge on any atom is 0.226 e. The number of aliphatic hydroxyl groups is 1. The van der Waals surface area contributed by atoms with Gasteiger partial charge in [0.05, 0.1) is 24.7 Å². The molecule has 0 bridgehead atoms. The molecule has 0 aliphatic rings. The van der Waals surface area contributed by atoms with Crippen molar-refractivity contribution < 1.29 is 9.84 Å². The fourth-order valence-electron chi connectivity index (χ4n) is 2.97. The number of nitrogens with two attached hydrogens (primary N) is 1. The molecule has 148 valence electrons. The average Bonchev–Trinajstić information content (AvgIpc) is 3.11. The summed E-state index contributed by atoms with van der Waals surface area (Å²) in [4.78, 5) is 8.21. The van der Waals surface area contributed by atoms with Gasteiger partial charge in [-0.05, 0) is 52.6 Å². The lowest BCUT2D eigenvalue weighted by Crippen LogP contribution is -2.05. The maximum atomic E-state index is 9.25. The molecule has 0 spiro atoms. The Morgan fingerprint density at radius 1 is 1.14 bits per heavy atom. The van der Waals surface area contributed by atoms with E-state index in [2.05, 4.69) is 31.0 Å². The number of aromatic nitrogens is 4. The van der Waals surface area contributed by atoms with Crippen LogP contribution in [0.15, 0.2) is 53.1 Å². The van der Waals surface area contributed by atoms with Crippen molar-refractivity contribution in [2.24, 2.45) is 0 Å².